The topological polar surface area (TPSA) is 47.5 Å². The van der Waals surface area contributed by atoms with Crippen molar-refractivity contribution in [3.63, 3.8) is 0 Å². The minimum absolute atomic E-state index is 0.769. The Hall–Kier alpha value is -2.52. The summed E-state index contributed by atoms with van der Waals surface area (Å²) in [6, 6.07) is 4.20. The summed E-state index contributed by atoms with van der Waals surface area (Å²) in [5, 5.41) is 13.4. The molecular formula is C29H38N6S2. The molecule has 6 rings (SSSR count). The van der Waals surface area contributed by atoms with Gasteiger partial charge in [-0.2, -0.15) is 0 Å². The zero-order chi connectivity index (χ0) is 25.4. The lowest BCUT2D eigenvalue weighted by Gasteiger charge is -2.35. The van der Waals surface area contributed by atoms with Crippen LogP contribution in [0.5, 0.6) is 0 Å². The van der Waals surface area contributed by atoms with Gasteiger partial charge in [0.15, 0.2) is 0 Å². The molecule has 3 aromatic rings. The second-order valence-electron chi connectivity index (χ2n) is 10.4. The van der Waals surface area contributed by atoms with Crippen LogP contribution in [0.4, 0.5) is 5.00 Å². The molecule has 1 saturated heterocycles. The Morgan fingerprint density at radius 2 is 1.76 bits per heavy atom. The first-order chi connectivity index (χ1) is 18.1. The minimum Gasteiger partial charge on any atom is -0.369 e. The van der Waals surface area contributed by atoms with E-state index in [0.29, 0.717) is 0 Å². The molecule has 0 spiro atoms. The molecule has 1 aliphatic carbocycles. The molecule has 0 bridgehead atoms. The van der Waals surface area contributed by atoms with Gasteiger partial charge in [-0.15, -0.1) is 22.7 Å². The zero-order valence-corrected chi connectivity index (χ0v) is 23.5. The molecule has 0 saturated carbocycles. The molecule has 196 valence electrons. The number of hydrogen-bond acceptors (Lipinski definition) is 7. The Kier molecular flexibility index (Phi) is 7.16. The van der Waals surface area contributed by atoms with Crippen molar-refractivity contribution < 1.29 is 0 Å². The molecule has 0 aromatic carbocycles. The standard InChI is InChI=1S/C29H38N6S2/c1-20(34-16-14-33(3)15-17-34)27-23-8-4-5-9-25(23)36-28(27)32-21(2)31-18-24-22-10-11-30-19-26(22)37-29(24)35-12-6-7-13-35/h6-7,12-13,30-32H,1-2,4-5,8-11,14-19H2,3H3. The first-order valence-electron chi connectivity index (χ1n) is 13.5. The third-order valence-corrected chi connectivity index (χ3v) is 10.4. The van der Waals surface area contributed by atoms with Crippen LogP contribution in [0.2, 0.25) is 0 Å². The summed E-state index contributed by atoms with van der Waals surface area (Å²) < 4.78 is 2.25. The van der Waals surface area contributed by atoms with Gasteiger partial charge in [0.1, 0.15) is 10.0 Å². The zero-order valence-electron chi connectivity index (χ0n) is 21.9. The summed E-state index contributed by atoms with van der Waals surface area (Å²) >= 11 is 3.82. The third kappa shape index (κ3) is 5.00. The Bertz CT molecular complexity index is 1280. The average molecular weight is 535 g/mol. The van der Waals surface area contributed by atoms with Crippen molar-refractivity contribution in [3.05, 3.63) is 75.5 Å². The smallest absolute Gasteiger partial charge is 0.105 e. The van der Waals surface area contributed by atoms with Crippen LogP contribution in [0, 0.1) is 0 Å². The molecule has 0 unspecified atom stereocenters. The van der Waals surface area contributed by atoms with Crippen LogP contribution in [0.15, 0.2) is 43.5 Å². The van der Waals surface area contributed by atoms with Crippen LogP contribution in [-0.2, 0) is 32.4 Å². The molecule has 37 heavy (non-hydrogen) atoms. The monoisotopic (exact) mass is 534 g/mol. The van der Waals surface area contributed by atoms with E-state index in [1.54, 1.807) is 0 Å². The van der Waals surface area contributed by atoms with Crippen LogP contribution < -0.4 is 16.0 Å². The maximum absolute atomic E-state index is 4.61. The molecule has 8 heteroatoms. The van der Waals surface area contributed by atoms with Crippen LogP contribution in [0.25, 0.3) is 10.7 Å². The first kappa shape index (κ1) is 24.8. The van der Waals surface area contributed by atoms with Gasteiger partial charge in [0, 0.05) is 78.2 Å². The molecule has 1 fully saturated rings. The normalized spacial score (nSPS) is 17.8. The van der Waals surface area contributed by atoms with Crippen LogP contribution in [0.1, 0.15) is 44.8 Å². The second-order valence-corrected chi connectivity index (χ2v) is 12.6. The van der Waals surface area contributed by atoms with Crippen molar-refractivity contribution in [1.82, 2.24) is 25.0 Å². The van der Waals surface area contributed by atoms with Crippen LogP contribution in [-0.4, -0.2) is 54.1 Å². The fourth-order valence-corrected chi connectivity index (χ4v) is 8.46. The summed E-state index contributed by atoms with van der Waals surface area (Å²) in [4.78, 5) is 7.87. The Balaban J connectivity index is 1.22. The Labute approximate surface area is 228 Å². The maximum Gasteiger partial charge on any atom is 0.105 e. The van der Waals surface area contributed by atoms with Gasteiger partial charge >= 0.3 is 0 Å². The third-order valence-electron chi connectivity index (χ3n) is 7.94. The highest BCUT2D eigenvalue weighted by molar-refractivity contribution is 7.16. The molecule has 2 aliphatic heterocycles. The number of thiophene rings is 2. The van der Waals surface area contributed by atoms with Gasteiger partial charge in [0.25, 0.3) is 0 Å². The number of nitrogens with zero attached hydrogens (tertiary/aromatic N) is 3. The highest BCUT2D eigenvalue weighted by atomic mass is 32.1. The lowest BCUT2D eigenvalue weighted by molar-refractivity contribution is 0.207. The van der Waals surface area contributed by atoms with E-state index in [9.17, 15) is 0 Å². The summed E-state index contributed by atoms with van der Waals surface area (Å²) in [6.07, 6.45) is 10.3. The van der Waals surface area contributed by atoms with E-state index in [4.69, 9.17) is 0 Å². The van der Waals surface area contributed by atoms with E-state index in [1.807, 2.05) is 22.7 Å². The molecule has 5 heterocycles. The number of anilines is 1. The lowest BCUT2D eigenvalue weighted by atomic mass is 9.94. The van der Waals surface area contributed by atoms with Gasteiger partial charge in [-0.3, -0.25) is 0 Å². The van der Waals surface area contributed by atoms with E-state index in [0.717, 1.165) is 64.5 Å². The molecule has 0 amide bonds. The molecule has 6 nitrogen and oxygen atoms in total. The van der Waals surface area contributed by atoms with Crippen LogP contribution in [0.3, 0.4) is 0 Å². The predicted molar refractivity (Wildman–Crippen MR) is 158 cm³/mol. The molecule has 0 atom stereocenters. The van der Waals surface area contributed by atoms with Crippen LogP contribution >= 0.6 is 22.7 Å². The molecule has 3 aromatic heterocycles. The Morgan fingerprint density at radius 3 is 2.57 bits per heavy atom. The summed E-state index contributed by atoms with van der Waals surface area (Å²) in [6.45, 7) is 16.1. The first-order valence-corrected chi connectivity index (χ1v) is 15.2. The molecular weight excluding hydrogens is 496 g/mol. The number of nitrogens with one attached hydrogen (secondary N) is 3. The maximum atomic E-state index is 4.61. The summed E-state index contributed by atoms with van der Waals surface area (Å²) in [5.41, 5.74) is 6.93. The van der Waals surface area contributed by atoms with Gasteiger partial charge in [-0.1, -0.05) is 13.2 Å². The average Bonchev–Trinajstić information content (AvgIpc) is 3.64. The number of likely N-dealkylation sites (N-methyl/N-ethyl adjacent to an activating group) is 1. The van der Waals surface area contributed by atoms with E-state index >= 15 is 0 Å². The molecule has 3 N–H and O–H groups in total. The van der Waals surface area contributed by atoms with Gasteiger partial charge in [-0.05, 0) is 69.0 Å². The van der Waals surface area contributed by atoms with Crippen molar-refractivity contribution in [2.45, 2.75) is 45.2 Å². The van der Waals surface area contributed by atoms with Crippen molar-refractivity contribution in [2.75, 3.05) is 45.1 Å². The quantitative estimate of drug-likeness (QED) is 0.379. The lowest BCUT2D eigenvalue weighted by Crippen LogP contribution is -2.43. The van der Waals surface area contributed by atoms with Gasteiger partial charge in [0.05, 0.1) is 5.82 Å². The van der Waals surface area contributed by atoms with Gasteiger partial charge < -0.3 is 30.3 Å². The minimum atomic E-state index is 0.769. The Morgan fingerprint density at radius 1 is 0.973 bits per heavy atom. The van der Waals surface area contributed by atoms with Crippen molar-refractivity contribution in [2.24, 2.45) is 0 Å². The largest absolute Gasteiger partial charge is 0.369 e. The molecule has 3 aliphatic rings. The predicted octanol–water partition coefficient (Wildman–Crippen LogP) is 5.02. The number of fused-ring (bicyclic) bond motifs is 2. The van der Waals surface area contributed by atoms with Crippen molar-refractivity contribution >= 4 is 33.4 Å². The van der Waals surface area contributed by atoms with E-state index in [1.165, 1.54) is 67.0 Å². The van der Waals surface area contributed by atoms with E-state index in [2.05, 4.69) is 75.0 Å². The van der Waals surface area contributed by atoms with E-state index < -0.39 is 0 Å². The highest BCUT2D eigenvalue weighted by Crippen LogP contribution is 2.43. The molecule has 0 radical (unpaired) electrons. The number of piperazine rings is 1. The number of aromatic nitrogens is 1. The second kappa shape index (κ2) is 10.7. The fraction of sp³-hybridized carbons (Fsp3) is 0.448. The number of aryl methyl sites for hydroxylation is 1. The fourth-order valence-electron chi connectivity index (χ4n) is 5.82. The highest BCUT2D eigenvalue weighted by Gasteiger charge is 2.27. The van der Waals surface area contributed by atoms with Crippen molar-refractivity contribution in [1.29, 1.82) is 0 Å². The SMILES string of the molecule is C=C(NCc1c(-n2cccc2)sc2c1CCNC2)Nc1sc2c(c1C(=C)N1CCN(C)CC1)CCCC2. The summed E-state index contributed by atoms with van der Waals surface area (Å²) in [5.74, 6) is 0.860. The van der Waals surface area contributed by atoms with Crippen molar-refractivity contribution in [3.8, 4) is 5.00 Å². The van der Waals surface area contributed by atoms with E-state index in [-0.39, 0.29) is 0 Å². The van der Waals surface area contributed by atoms with Gasteiger partial charge in [0.2, 0.25) is 0 Å². The van der Waals surface area contributed by atoms with Gasteiger partial charge in [-0.25, -0.2) is 0 Å². The number of hydrogen-bond donors (Lipinski definition) is 3. The summed E-state index contributed by atoms with van der Waals surface area (Å²) in [7, 11) is 2.21. The number of rotatable bonds is 8.